The lowest BCUT2D eigenvalue weighted by Gasteiger charge is -2.09. The van der Waals surface area contributed by atoms with Crippen LogP contribution in [-0.2, 0) is 11.3 Å². The average molecular weight is 410 g/mol. The van der Waals surface area contributed by atoms with E-state index in [1.165, 1.54) is 23.0 Å². The maximum atomic E-state index is 12.5. The second kappa shape index (κ2) is 10.7. The van der Waals surface area contributed by atoms with E-state index < -0.39 is 5.91 Å². The molecule has 0 saturated heterocycles. The Kier molecular flexibility index (Phi) is 7.51. The first-order valence-corrected chi connectivity index (χ1v) is 9.31. The number of anilines is 1. The number of hydrogen-bond donors (Lipinski definition) is 1. The van der Waals surface area contributed by atoms with Crippen LogP contribution in [0.4, 0.5) is 5.69 Å². The van der Waals surface area contributed by atoms with Gasteiger partial charge in [-0.15, -0.1) is 0 Å². The molecule has 156 valence electrons. The number of nitrogens with one attached hydrogen (secondary N) is 1. The summed E-state index contributed by atoms with van der Waals surface area (Å²) < 4.78 is 17.1. The lowest BCUT2D eigenvalue weighted by molar-refractivity contribution is 0.101. The molecule has 0 saturated carbocycles. The number of pyridine rings is 1. The van der Waals surface area contributed by atoms with E-state index in [0.29, 0.717) is 30.5 Å². The summed E-state index contributed by atoms with van der Waals surface area (Å²) in [6.07, 6.45) is 1.48. The molecule has 3 rings (SSSR count). The lowest BCUT2D eigenvalue weighted by atomic mass is 10.3. The Morgan fingerprint density at radius 2 is 1.83 bits per heavy atom. The smallest absolute Gasteiger partial charge is 0.276 e. The van der Waals surface area contributed by atoms with Crippen molar-refractivity contribution in [2.24, 2.45) is 0 Å². The van der Waals surface area contributed by atoms with E-state index >= 15 is 0 Å². The van der Waals surface area contributed by atoms with E-state index in [-0.39, 0.29) is 24.4 Å². The molecule has 0 aliphatic carbocycles. The molecule has 0 radical (unpaired) electrons. The van der Waals surface area contributed by atoms with Crippen LogP contribution in [0.15, 0.2) is 65.6 Å². The van der Waals surface area contributed by atoms with Gasteiger partial charge in [0.15, 0.2) is 0 Å². The van der Waals surface area contributed by atoms with Crippen LogP contribution in [0.1, 0.15) is 10.5 Å². The van der Waals surface area contributed by atoms with Crippen molar-refractivity contribution in [3.8, 4) is 11.6 Å². The minimum Gasteiger partial charge on any atom is -0.492 e. The fourth-order valence-corrected chi connectivity index (χ4v) is 2.46. The van der Waals surface area contributed by atoms with Crippen molar-refractivity contribution in [3.63, 3.8) is 0 Å². The summed E-state index contributed by atoms with van der Waals surface area (Å²) in [5.41, 5.74) is 0.267. The fourth-order valence-electron chi connectivity index (χ4n) is 2.46. The van der Waals surface area contributed by atoms with Gasteiger partial charge in [0.1, 0.15) is 24.7 Å². The van der Waals surface area contributed by atoms with E-state index in [9.17, 15) is 9.59 Å². The largest absolute Gasteiger partial charge is 0.492 e. The molecule has 1 aromatic carbocycles. The monoisotopic (exact) mass is 410 g/mol. The molecule has 1 amide bonds. The summed E-state index contributed by atoms with van der Waals surface area (Å²) in [4.78, 5) is 28.6. The predicted octanol–water partition coefficient (Wildman–Crippen LogP) is 1.99. The summed E-state index contributed by atoms with van der Waals surface area (Å²) >= 11 is 0. The number of para-hydroxylation sites is 1. The summed E-state index contributed by atoms with van der Waals surface area (Å²) in [6.45, 7) is 1.30. The summed E-state index contributed by atoms with van der Waals surface area (Å²) in [6, 6.07) is 15.2. The molecule has 0 unspecified atom stereocenters. The maximum absolute atomic E-state index is 12.5. The van der Waals surface area contributed by atoms with Gasteiger partial charge in [0, 0.05) is 19.2 Å². The van der Waals surface area contributed by atoms with Crippen LogP contribution < -0.4 is 20.3 Å². The Balaban J connectivity index is 1.58. The van der Waals surface area contributed by atoms with Gasteiger partial charge in [-0.1, -0.05) is 18.2 Å². The highest BCUT2D eigenvalue weighted by Gasteiger charge is 2.11. The van der Waals surface area contributed by atoms with Crippen molar-refractivity contribution in [3.05, 3.63) is 76.8 Å². The minimum atomic E-state index is -0.456. The Hall–Kier alpha value is -3.72. The van der Waals surface area contributed by atoms with E-state index in [4.69, 9.17) is 14.2 Å². The molecule has 2 heterocycles. The van der Waals surface area contributed by atoms with Gasteiger partial charge in [-0.05, 0) is 24.3 Å². The average Bonchev–Trinajstić information content (AvgIpc) is 2.77. The molecular formula is C21H22N4O5. The number of aromatic nitrogens is 3. The minimum absolute atomic E-state index is 0.106. The zero-order valence-corrected chi connectivity index (χ0v) is 16.5. The zero-order chi connectivity index (χ0) is 21.2. The first-order chi connectivity index (χ1) is 14.7. The first kappa shape index (κ1) is 21.0. The number of methoxy groups -OCH3 is 1. The van der Waals surface area contributed by atoms with E-state index in [1.54, 1.807) is 19.2 Å². The first-order valence-electron chi connectivity index (χ1n) is 9.31. The van der Waals surface area contributed by atoms with Crippen molar-refractivity contribution in [1.82, 2.24) is 14.8 Å². The molecule has 9 nitrogen and oxygen atoms in total. The quantitative estimate of drug-likeness (QED) is 0.510. The number of carbonyl (C=O) groups is 1. The molecule has 0 aliphatic heterocycles. The number of ether oxygens (including phenoxy) is 3. The molecule has 0 fully saturated rings. The Bertz CT molecular complexity index is 1010. The van der Waals surface area contributed by atoms with Gasteiger partial charge < -0.3 is 19.5 Å². The van der Waals surface area contributed by atoms with Crippen LogP contribution in [0, 0.1) is 0 Å². The third-order valence-corrected chi connectivity index (χ3v) is 3.95. The number of benzene rings is 1. The van der Waals surface area contributed by atoms with Gasteiger partial charge in [-0.2, -0.15) is 5.10 Å². The van der Waals surface area contributed by atoms with Crippen LogP contribution in [0.3, 0.4) is 0 Å². The number of rotatable bonds is 10. The van der Waals surface area contributed by atoms with Gasteiger partial charge in [0.05, 0.1) is 25.0 Å². The third-order valence-electron chi connectivity index (χ3n) is 3.95. The van der Waals surface area contributed by atoms with Crippen LogP contribution in [0.25, 0.3) is 0 Å². The number of carbonyl (C=O) groups excluding carboxylic acids is 1. The molecular weight excluding hydrogens is 388 g/mol. The molecule has 2 aromatic heterocycles. The van der Waals surface area contributed by atoms with Gasteiger partial charge in [-0.3, -0.25) is 9.59 Å². The number of hydrogen-bond acceptors (Lipinski definition) is 7. The fraction of sp³-hybridized carbons (Fsp3) is 0.238. The number of amides is 1. The predicted molar refractivity (Wildman–Crippen MR) is 110 cm³/mol. The van der Waals surface area contributed by atoms with Crippen molar-refractivity contribution in [2.45, 2.75) is 6.54 Å². The molecule has 9 heteroatoms. The van der Waals surface area contributed by atoms with Crippen LogP contribution in [0.5, 0.6) is 11.6 Å². The maximum Gasteiger partial charge on any atom is 0.276 e. The molecule has 0 spiro atoms. The molecule has 0 bridgehead atoms. The van der Waals surface area contributed by atoms with E-state index in [2.05, 4.69) is 15.4 Å². The van der Waals surface area contributed by atoms with Crippen LogP contribution >= 0.6 is 0 Å². The number of nitrogens with zero attached hydrogens (tertiary/aromatic N) is 3. The van der Waals surface area contributed by atoms with Crippen molar-refractivity contribution < 1.29 is 19.0 Å². The second-order valence-corrected chi connectivity index (χ2v) is 6.12. The van der Waals surface area contributed by atoms with Crippen molar-refractivity contribution in [2.75, 3.05) is 32.2 Å². The highest BCUT2D eigenvalue weighted by molar-refractivity contribution is 6.02. The van der Waals surface area contributed by atoms with Gasteiger partial charge >= 0.3 is 0 Å². The molecule has 3 aromatic rings. The van der Waals surface area contributed by atoms with Crippen LogP contribution in [-0.4, -0.2) is 47.6 Å². The zero-order valence-electron chi connectivity index (χ0n) is 16.5. The molecule has 0 atom stereocenters. The van der Waals surface area contributed by atoms with E-state index in [1.807, 2.05) is 30.3 Å². The third kappa shape index (κ3) is 6.14. The van der Waals surface area contributed by atoms with Gasteiger partial charge in [-0.25, -0.2) is 9.67 Å². The summed E-state index contributed by atoms with van der Waals surface area (Å²) in [7, 11) is 1.59. The highest BCUT2D eigenvalue weighted by atomic mass is 16.5. The SMILES string of the molecule is COCCOc1ccc(NC(=O)c2ccc(=O)n(CCOc3ccccc3)n2)cn1. The Labute approximate surface area is 173 Å². The van der Waals surface area contributed by atoms with Gasteiger partial charge in [0.2, 0.25) is 5.88 Å². The van der Waals surface area contributed by atoms with Crippen molar-refractivity contribution in [1.29, 1.82) is 0 Å². The van der Waals surface area contributed by atoms with Crippen LogP contribution in [0.2, 0.25) is 0 Å². The molecule has 1 N–H and O–H groups in total. The van der Waals surface area contributed by atoms with Gasteiger partial charge in [0.25, 0.3) is 11.5 Å². The molecule has 30 heavy (non-hydrogen) atoms. The Morgan fingerprint density at radius 3 is 2.57 bits per heavy atom. The topological polar surface area (TPSA) is 105 Å². The highest BCUT2D eigenvalue weighted by Crippen LogP contribution is 2.12. The molecule has 0 aliphatic rings. The lowest BCUT2D eigenvalue weighted by Crippen LogP contribution is -2.28. The Morgan fingerprint density at radius 1 is 1.00 bits per heavy atom. The van der Waals surface area contributed by atoms with E-state index in [0.717, 1.165) is 0 Å². The van der Waals surface area contributed by atoms with Crippen molar-refractivity contribution >= 4 is 11.6 Å². The standard InChI is InChI=1S/C21H22N4O5/c1-28-13-14-30-19-9-7-16(15-22-19)23-21(27)18-8-10-20(26)25(24-18)11-12-29-17-5-3-2-4-6-17/h2-10,15H,11-14H2,1H3,(H,23,27). The summed E-state index contributed by atoms with van der Waals surface area (Å²) in [5, 5.41) is 6.81. The normalized spacial score (nSPS) is 10.4. The second-order valence-electron chi connectivity index (χ2n) is 6.12. The summed E-state index contributed by atoms with van der Waals surface area (Å²) in [5.74, 6) is 0.666.